The van der Waals surface area contributed by atoms with Crippen LogP contribution in [-0.2, 0) is 11.2 Å². The Morgan fingerprint density at radius 3 is 3.14 bits per heavy atom. The molecule has 0 atom stereocenters. The first kappa shape index (κ1) is 8.74. The summed E-state index contributed by atoms with van der Waals surface area (Å²) in [5.74, 6) is -0.280. The third-order valence-electron chi connectivity index (χ3n) is 2.17. The lowest BCUT2D eigenvalue weighted by atomic mass is 10.1. The molecule has 2 aromatic rings. The van der Waals surface area contributed by atoms with Gasteiger partial charge in [0.05, 0.1) is 17.4 Å². The summed E-state index contributed by atoms with van der Waals surface area (Å²) in [5, 5.41) is 0. The Labute approximate surface area is 81.1 Å². The average Bonchev–Trinajstić information content (AvgIpc) is 2.62. The summed E-state index contributed by atoms with van der Waals surface area (Å²) in [6, 6.07) is 5.86. The minimum Gasteiger partial charge on any atom is -0.370 e. The van der Waals surface area contributed by atoms with E-state index in [1.807, 2.05) is 18.2 Å². The van der Waals surface area contributed by atoms with Gasteiger partial charge in [0.2, 0.25) is 5.91 Å². The lowest BCUT2D eigenvalue weighted by Crippen LogP contribution is -2.11. The number of benzene rings is 1. The topological polar surface area (TPSA) is 71.8 Å². The van der Waals surface area contributed by atoms with Crippen molar-refractivity contribution in [1.82, 2.24) is 9.97 Å². The molecular formula is C10H11N3O. The number of nitrogens with one attached hydrogen (secondary N) is 1. The molecule has 0 unspecified atom stereocenters. The van der Waals surface area contributed by atoms with Crippen molar-refractivity contribution in [3.63, 3.8) is 0 Å². The molecule has 0 saturated heterocycles. The Bertz CT molecular complexity index is 461. The highest BCUT2D eigenvalue weighted by molar-refractivity contribution is 5.79. The minimum absolute atomic E-state index is 0.280. The fourth-order valence-electron chi connectivity index (χ4n) is 1.49. The highest BCUT2D eigenvalue weighted by Gasteiger charge is 2.03. The lowest BCUT2D eigenvalue weighted by molar-refractivity contribution is -0.117. The van der Waals surface area contributed by atoms with Crippen molar-refractivity contribution in [2.75, 3.05) is 0 Å². The molecule has 1 aromatic heterocycles. The molecule has 1 heterocycles. The highest BCUT2D eigenvalue weighted by Crippen LogP contribution is 2.15. The number of rotatable bonds is 3. The van der Waals surface area contributed by atoms with E-state index in [0.717, 1.165) is 16.6 Å². The normalized spacial score (nSPS) is 10.6. The quantitative estimate of drug-likeness (QED) is 0.755. The van der Waals surface area contributed by atoms with Crippen LogP contribution >= 0.6 is 0 Å². The van der Waals surface area contributed by atoms with Gasteiger partial charge < -0.3 is 10.7 Å². The summed E-state index contributed by atoms with van der Waals surface area (Å²) < 4.78 is 0. The fourth-order valence-corrected chi connectivity index (χ4v) is 1.49. The molecule has 1 amide bonds. The number of nitrogens with two attached hydrogens (primary N) is 1. The minimum atomic E-state index is -0.280. The summed E-state index contributed by atoms with van der Waals surface area (Å²) in [6.07, 6.45) is 2.67. The second kappa shape index (κ2) is 3.49. The van der Waals surface area contributed by atoms with E-state index in [2.05, 4.69) is 9.97 Å². The van der Waals surface area contributed by atoms with Gasteiger partial charge in [0.15, 0.2) is 0 Å². The van der Waals surface area contributed by atoms with Gasteiger partial charge in [-0.1, -0.05) is 12.1 Å². The summed E-state index contributed by atoms with van der Waals surface area (Å²) in [7, 11) is 0. The van der Waals surface area contributed by atoms with Gasteiger partial charge in [0, 0.05) is 6.42 Å². The van der Waals surface area contributed by atoms with Crippen molar-refractivity contribution in [2.24, 2.45) is 5.73 Å². The zero-order chi connectivity index (χ0) is 9.97. The third kappa shape index (κ3) is 1.59. The molecule has 4 heteroatoms. The number of primary amides is 1. The lowest BCUT2D eigenvalue weighted by Gasteiger charge is -1.99. The molecule has 0 bridgehead atoms. The second-order valence-corrected chi connectivity index (χ2v) is 3.18. The number of para-hydroxylation sites is 1. The number of aromatic nitrogens is 2. The van der Waals surface area contributed by atoms with Gasteiger partial charge in [-0.25, -0.2) is 4.98 Å². The van der Waals surface area contributed by atoms with E-state index in [9.17, 15) is 4.79 Å². The summed E-state index contributed by atoms with van der Waals surface area (Å²) in [6.45, 7) is 0. The molecular weight excluding hydrogens is 178 g/mol. The Morgan fingerprint density at radius 2 is 2.36 bits per heavy atom. The van der Waals surface area contributed by atoms with E-state index in [0.29, 0.717) is 12.8 Å². The Hall–Kier alpha value is -1.84. The highest BCUT2D eigenvalue weighted by atomic mass is 16.1. The first-order valence-electron chi connectivity index (χ1n) is 4.46. The van der Waals surface area contributed by atoms with Crippen LogP contribution in [0.3, 0.4) is 0 Å². The summed E-state index contributed by atoms with van der Waals surface area (Å²) in [5.41, 5.74) is 8.07. The molecule has 1 aromatic carbocycles. The maximum absolute atomic E-state index is 10.6. The van der Waals surface area contributed by atoms with Crippen LogP contribution in [0.4, 0.5) is 0 Å². The van der Waals surface area contributed by atoms with Crippen LogP contribution in [-0.4, -0.2) is 15.9 Å². The third-order valence-corrected chi connectivity index (χ3v) is 2.17. The molecule has 2 rings (SSSR count). The van der Waals surface area contributed by atoms with Crippen molar-refractivity contribution in [1.29, 1.82) is 0 Å². The van der Waals surface area contributed by atoms with Crippen molar-refractivity contribution in [2.45, 2.75) is 12.8 Å². The molecule has 0 saturated carbocycles. The molecule has 0 radical (unpaired) electrons. The summed E-state index contributed by atoms with van der Waals surface area (Å²) in [4.78, 5) is 17.9. The molecule has 0 fully saturated rings. The number of aromatic amines is 1. The number of hydrogen-bond acceptors (Lipinski definition) is 2. The molecule has 0 aliphatic rings. The number of amides is 1. The van der Waals surface area contributed by atoms with Crippen LogP contribution in [0.5, 0.6) is 0 Å². The van der Waals surface area contributed by atoms with Crippen molar-refractivity contribution >= 4 is 16.9 Å². The Balaban J connectivity index is 2.32. The SMILES string of the molecule is NC(=O)CCc1cccc2[nH]cnc12. The number of H-pyrrole nitrogens is 1. The fraction of sp³-hybridized carbons (Fsp3) is 0.200. The van der Waals surface area contributed by atoms with Crippen molar-refractivity contribution in [3.05, 3.63) is 30.1 Å². The Morgan fingerprint density at radius 1 is 1.50 bits per heavy atom. The number of imidazole rings is 1. The summed E-state index contributed by atoms with van der Waals surface area (Å²) >= 11 is 0. The van der Waals surface area contributed by atoms with Gasteiger partial charge in [0.1, 0.15) is 0 Å². The first-order valence-corrected chi connectivity index (χ1v) is 4.46. The Kier molecular flexibility index (Phi) is 2.18. The van der Waals surface area contributed by atoms with E-state index < -0.39 is 0 Å². The van der Waals surface area contributed by atoms with Crippen LogP contribution in [0.2, 0.25) is 0 Å². The van der Waals surface area contributed by atoms with Gasteiger partial charge in [0.25, 0.3) is 0 Å². The largest absolute Gasteiger partial charge is 0.370 e. The van der Waals surface area contributed by atoms with Gasteiger partial charge in [-0.2, -0.15) is 0 Å². The van der Waals surface area contributed by atoms with Crippen LogP contribution in [0.25, 0.3) is 11.0 Å². The number of hydrogen-bond donors (Lipinski definition) is 2. The van der Waals surface area contributed by atoms with Gasteiger partial charge in [-0.3, -0.25) is 4.79 Å². The molecule has 0 spiro atoms. The van der Waals surface area contributed by atoms with E-state index >= 15 is 0 Å². The van der Waals surface area contributed by atoms with Gasteiger partial charge in [-0.05, 0) is 18.1 Å². The zero-order valence-corrected chi connectivity index (χ0v) is 7.66. The van der Waals surface area contributed by atoms with Crippen molar-refractivity contribution < 1.29 is 4.79 Å². The van der Waals surface area contributed by atoms with E-state index in [1.54, 1.807) is 6.33 Å². The predicted molar refractivity (Wildman–Crippen MR) is 53.6 cm³/mol. The molecule has 3 N–H and O–H groups in total. The number of carbonyl (C=O) groups is 1. The molecule has 14 heavy (non-hydrogen) atoms. The average molecular weight is 189 g/mol. The molecule has 72 valence electrons. The van der Waals surface area contributed by atoms with Crippen LogP contribution in [0, 0.1) is 0 Å². The van der Waals surface area contributed by atoms with Crippen LogP contribution in [0.1, 0.15) is 12.0 Å². The maximum Gasteiger partial charge on any atom is 0.217 e. The van der Waals surface area contributed by atoms with E-state index in [-0.39, 0.29) is 5.91 Å². The smallest absolute Gasteiger partial charge is 0.217 e. The van der Waals surface area contributed by atoms with E-state index in [4.69, 9.17) is 5.73 Å². The number of aryl methyl sites for hydroxylation is 1. The van der Waals surface area contributed by atoms with Crippen molar-refractivity contribution in [3.8, 4) is 0 Å². The second-order valence-electron chi connectivity index (χ2n) is 3.18. The standard InChI is InChI=1S/C10H11N3O/c11-9(14)5-4-7-2-1-3-8-10(7)13-6-12-8/h1-3,6H,4-5H2,(H2,11,14)(H,12,13). The number of carbonyl (C=O) groups excluding carboxylic acids is 1. The number of fused-ring (bicyclic) bond motifs is 1. The predicted octanol–water partition coefficient (Wildman–Crippen LogP) is 0.981. The monoisotopic (exact) mass is 189 g/mol. The van der Waals surface area contributed by atoms with Crippen LogP contribution < -0.4 is 5.73 Å². The molecule has 4 nitrogen and oxygen atoms in total. The maximum atomic E-state index is 10.6. The van der Waals surface area contributed by atoms with E-state index in [1.165, 1.54) is 0 Å². The molecule has 0 aliphatic carbocycles. The van der Waals surface area contributed by atoms with Gasteiger partial charge >= 0.3 is 0 Å². The van der Waals surface area contributed by atoms with Crippen LogP contribution in [0.15, 0.2) is 24.5 Å². The molecule has 0 aliphatic heterocycles. The number of nitrogens with zero attached hydrogens (tertiary/aromatic N) is 1. The first-order chi connectivity index (χ1) is 6.77. The zero-order valence-electron chi connectivity index (χ0n) is 7.66. The van der Waals surface area contributed by atoms with Gasteiger partial charge in [-0.15, -0.1) is 0 Å².